The molecule has 172 valence electrons. The number of rotatable bonds is 7. The average molecular weight is 448 g/mol. The van der Waals surface area contributed by atoms with Crippen molar-refractivity contribution in [2.45, 2.75) is 47.3 Å². The van der Waals surface area contributed by atoms with Crippen LogP contribution in [0.4, 0.5) is 5.82 Å². The van der Waals surface area contributed by atoms with Crippen LogP contribution in [0.3, 0.4) is 0 Å². The van der Waals surface area contributed by atoms with Crippen LogP contribution in [0.2, 0.25) is 0 Å². The zero-order valence-electron chi connectivity index (χ0n) is 19.5. The Morgan fingerprint density at radius 3 is 2.39 bits per heavy atom. The van der Waals surface area contributed by atoms with Crippen LogP contribution in [0.25, 0.3) is 33.4 Å². The number of nitrogen functional groups attached to an aromatic ring is 1. The normalized spacial score (nSPS) is 11.3. The Balaban J connectivity index is 1.95. The summed E-state index contributed by atoms with van der Waals surface area (Å²) in [5, 5.41) is 4.70. The highest BCUT2D eigenvalue weighted by Crippen LogP contribution is 2.37. The first-order chi connectivity index (χ1) is 15.9. The number of esters is 1. The van der Waals surface area contributed by atoms with Gasteiger partial charge in [-0.1, -0.05) is 29.8 Å². The number of carbonyl (C=O) groups excluding carboxylic acids is 1. The summed E-state index contributed by atoms with van der Waals surface area (Å²) in [7, 11) is 0. The molecular formula is C25H29N5O3. The predicted molar refractivity (Wildman–Crippen MR) is 130 cm³/mol. The molecule has 4 aromatic rings. The summed E-state index contributed by atoms with van der Waals surface area (Å²) in [6.45, 7) is 9.06. The molecule has 0 aliphatic carbocycles. The van der Waals surface area contributed by atoms with Crippen LogP contribution in [0.1, 0.15) is 26.3 Å². The van der Waals surface area contributed by atoms with Crippen molar-refractivity contribution in [3.8, 4) is 22.4 Å². The molecule has 33 heavy (non-hydrogen) atoms. The third-order valence-corrected chi connectivity index (χ3v) is 5.81. The lowest BCUT2D eigenvalue weighted by Crippen LogP contribution is -2.22. The smallest absolute Gasteiger partial charge is 0.329 e. The molecule has 0 atom stereocenters. The molecule has 0 saturated carbocycles. The van der Waals surface area contributed by atoms with Crippen molar-refractivity contribution in [2.24, 2.45) is 0 Å². The van der Waals surface area contributed by atoms with Gasteiger partial charge in [-0.05, 0) is 51.5 Å². The van der Waals surface area contributed by atoms with Gasteiger partial charge in [-0.15, -0.1) is 0 Å². The number of anilines is 1. The minimum atomic E-state index is -0.399. The number of benzene rings is 2. The molecule has 0 radical (unpaired) electrons. The van der Waals surface area contributed by atoms with Crippen molar-refractivity contribution in [3.63, 3.8) is 0 Å². The number of hydrogen-bond acceptors (Lipinski definition) is 5. The number of ether oxygens (including phenoxy) is 1. The second-order valence-corrected chi connectivity index (χ2v) is 7.92. The number of carbonyl (C=O) groups is 1. The van der Waals surface area contributed by atoms with Gasteiger partial charge < -0.3 is 10.5 Å². The largest absolute Gasteiger partial charge is 0.465 e. The zero-order valence-corrected chi connectivity index (χ0v) is 19.5. The van der Waals surface area contributed by atoms with E-state index < -0.39 is 5.97 Å². The predicted octanol–water partition coefficient (Wildman–Crippen LogP) is 3.83. The van der Waals surface area contributed by atoms with Crippen LogP contribution < -0.4 is 11.4 Å². The fourth-order valence-electron chi connectivity index (χ4n) is 4.29. The van der Waals surface area contributed by atoms with Crippen molar-refractivity contribution in [2.75, 3.05) is 12.3 Å². The summed E-state index contributed by atoms with van der Waals surface area (Å²) in [6.07, 6.45) is 0. The van der Waals surface area contributed by atoms with E-state index in [1.165, 1.54) is 4.68 Å². The maximum Gasteiger partial charge on any atom is 0.329 e. The number of hydrogen-bond donors (Lipinski definition) is 1. The van der Waals surface area contributed by atoms with Gasteiger partial charge in [0.1, 0.15) is 18.1 Å². The first-order valence-corrected chi connectivity index (χ1v) is 11.2. The van der Waals surface area contributed by atoms with E-state index in [0.717, 1.165) is 33.3 Å². The molecule has 2 aromatic carbocycles. The molecule has 4 rings (SSSR count). The molecule has 0 saturated heterocycles. The van der Waals surface area contributed by atoms with E-state index in [9.17, 15) is 9.59 Å². The molecule has 0 fully saturated rings. The summed E-state index contributed by atoms with van der Waals surface area (Å²) in [5.74, 6) is -0.0245. The lowest BCUT2D eigenvalue weighted by molar-refractivity contribution is -0.143. The van der Waals surface area contributed by atoms with Crippen LogP contribution >= 0.6 is 0 Å². The molecule has 8 heteroatoms. The van der Waals surface area contributed by atoms with Crippen molar-refractivity contribution in [1.82, 2.24) is 18.9 Å². The maximum absolute atomic E-state index is 12.8. The van der Waals surface area contributed by atoms with E-state index in [1.54, 1.807) is 16.1 Å². The van der Waals surface area contributed by atoms with Gasteiger partial charge in [-0.2, -0.15) is 5.10 Å². The number of nitrogens with zero attached hydrogens (tertiary/aromatic N) is 4. The van der Waals surface area contributed by atoms with Gasteiger partial charge in [0, 0.05) is 18.7 Å². The van der Waals surface area contributed by atoms with Crippen molar-refractivity contribution < 1.29 is 9.53 Å². The Morgan fingerprint density at radius 1 is 1.00 bits per heavy atom. The number of fused-ring (bicyclic) bond motifs is 1. The lowest BCUT2D eigenvalue weighted by Gasteiger charge is -2.08. The van der Waals surface area contributed by atoms with E-state index in [0.29, 0.717) is 24.6 Å². The molecule has 0 spiro atoms. The SMILES string of the molecule is CCOC(=O)Cn1nc(-c2cccc(C)c2)c(-c2ccc3c(c2)n(CC)c(=O)n3CC)c1N. The van der Waals surface area contributed by atoms with E-state index >= 15 is 0 Å². The molecule has 2 N–H and O–H groups in total. The third-order valence-electron chi connectivity index (χ3n) is 5.81. The van der Waals surface area contributed by atoms with Gasteiger partial charge in [0.15, 0.2) is 0 Å². The summed E-state index contributed by atoms with van der Waals surface area (Å²) in [4.78, 5) is 25.0. The Morgan fingerprint density at radius 2 is 1.73 bits per heavy atom. The lowest BCUT2D eigenvalue weighted by atomic mass is 9.99. The molecule has 2 aromatic heterocycles. The molecule has 0 amide bonds. The monoisotopic (exact) mass is 447 g/mol. The van der Waals surface area contributed by atoms with E-state index in [1.807, 2.05) is 63.2 Å². The van der Waals surface area contributed by atoms with Gasteiger partial charge in [-0.3, -0.25) is 13.9 Å². The molecule has 0 aliphatic heterocycles. The molecular weight excluding hydrogens is 418 g/mol. The van der Waals surface area contributed by atoms with Gasteiger partial charge in [0.2, 0.25) is 0 Å². The number of nitrogens with two attached hydrogens (primary N) is 1. The Kier molecular flexibility index (Phi) is 6.09. The standard InChI is InChI=1S/C25H29N5O3/c1-5-28-19-12-11-17(14-20(19)29(6-2)25(28)32)22-23(18-10-8-9-16(4)13-18)27-30(24(22)26)15-21(31)33-7-3/h8-14H,5-7,15,26H2,1-4H3. The highest BCUT2D eigenvalue weighted by molar-refractivity contribution is 5.92. The third kappa shape index (κ3) is 3.92. The van der Waals surface area contributed by atoms with E-state index in [2.05, 4.69) is 0 Å². The first kappa shape index (κ1) is 22.4. The molecule has 0 bridgehead atoms. The van der Waals surface area contributed by atoms with Gasteiger partial charge >= 0.3 is 11.7 Å². The summed E-state index contributed by atoms with van der Waals surface area (Å²) in [6, 6.07) is 13.9. The summed E-state index contributed by atoms with van der Waals surface area (Å²) < 4.78 is 10.1. The highest BCUT2D eigenvalue weighted by atomic mass is 16.5. The van der Waals surface area contributed by atoms with Crippen LogP contribution in [0.5, 0.6) is 0 Å². The zero-order chi connectivity index (χ0) is 23.7. The van der Waals surface area contributed by atoms with E-state index in [4.69, 9.17) is 15.6 Å². The topological polar surface area (TPSA) is 97.1 Å². The van der Waals surface area contributed by atoms with Gasteiger partial charge in [-0.25, -0.2) is 9.48 Å². The fourth-order valence-corrected chi connectivity index (χ4v) is 4.29. The van der Waals surface area contributed by atoms with Gasteiger partial charge in [0.25, 0.3) is 0 Å². The van der Waals surface area contributed by atoms with Crippen molar-refractivity contribution in [1.29, 1.82) is 0 Å². The number of imidazole rings is 1. The first-order valence-electron chi connectivity index (χ1n) is 11.2. The summed E-state index contributed by atoms with van der Waals surface area (Å²) >= 11 is 0. The highest BCUT2D eigenvalue weighted by Gasteiger charge is 2.22. The fraction of sp³-hybridized carbons (Fsp3) is 0.320. The Labute approximate surface area is 192 Å². The minimum Gasteiger partial charge on any atom is -0.465 e. The average Bonchev–Trinajstić information content (AvgIpc) is 3.26. The van der Waals surface area contributed by atoms with Crippen LogP contribution in [-0.2, 0) is 29.2 Å². The van der Waals surface area contributed by atoms with Crippen molar-refractivity contribution in [3.05, 3.63) is 58.5 Å². The number of aromatic nitrogens is 4. The molecule has 0 aliphatic rings. The molecule has 0 unspecified atom stereocenters. The molecule has 8 nitrogen and oxygen atoms in total. The molecule has 2 heterocycles. The summed E-state index contributed by atoms with van der Waals surface area (Å²) in [5.41, 5.74) is 12.5. The second-order valence-electron chi connectivity index (χ2n) is 7.92. The van der Waals surface area contributed by atoms with Crippen LogP contribution in [-0.4, -0.2) is 31.5 Å². The Bertz CT molecular complexity index is 1390. The maximum atomic E-state index is 12.8. The van der Waals surface area contributed by atoms with Crippen LogP contribution in [0.15, 0.2) is 47.3 Å². The second kappa shape index (κ2) is 8.97. The minimum absolute atomic E-state index is 0.0305. The van der Waals surface area contributed by atoms with Gasteiger partial charge in [0.05, 0.1) is 23.2 Å². The van der Waals surface area contributed by atoms with Crippen molar-refractivity contribution >= 4 is 22.8 Å². The Hall–Kier alpha value is -3.81. The quantitative estimate of drug-likeness (QED) is 0.434. The number of aryl methyl sites for hydroxylation is 3. The van der Waals surface area contributed by atoms with E-state index in [-0.39, 0.29) is 18.8 Å². The van der Waals surface area contributed by atoms with Crippen LogP contribution in [0, 0.1) is 6.92 Å².